The summed E-state index contributed by atoms with van der Waals surface area (Å²) in [5, 5.41) is 0. The summed E-state index contributed by atoms with van der Waals surface area (Å²) in [6.45, 7) is 0. The lowest BCUT2D eigenvalue weighted by Gasteiger charge is -1.68. The molecule has 42 heavy (non-hydrogen) atoms. The van der Waals surface area contributed by atoms with Crippen molar-refractivity contribution in [2.45, 2.75) is 0 Å². The van der Waals surface area contributed by atoms with Crippen LogP contribution in [0.1, 0.15) is 0 Å². The Morgan fingerprint density at radius 2 is 0.167 bits per heavy atom. The number of hydrogen-bond donors (Lipinski definition) is 12. The third-order valence-corrected chi connectivity index (χ3v) is 0. The van der Waals surface area contributed by atoms with E-state index < -0.39 is 62.4 Å². The van der Waals surface area contributed by atoms with Crippen LogP contribution in [0.2, 0.25) is 0 Å². The van der Waals surface area contributed by atoms with E-state index in [9.17, 15) is 0 Å². The van der Waals surface area contributed by atoms with E-state index in [1.165, 1.54) is 0 Å². The van der Waals surface area contributed by atoms with Gasteiger partial charge in [-0.25, -0.2) is 0 Å². The Bertz CT molecular complexity index is 757. The molecule has 0 rings (SSSR count). The van der Waals surface area contributed by atoms with Gasteiger partial charge in [0.15, 0.2) is 0 Å². The minimum atomic E-state index is -4.67. The van der Waals surface area contributed by atoms with Crippen LogP contribution in [0.15, 0.2) is 0 Å². The predicted molar refractivity (Wildman–Crippen MR) is 128 cm³/mol. The molecule has 0 heterocycles. The first-order chi connectivity index (χ1) is 12.0. The van der Waals surface area contributed by atoms with Crippen molar-refractivity contribution in [2.75, 3.05) is 0 Å². The average Bonchev–Trinajstić information content (AvgIpc) is 1.94. The van der Waals surface area contributed by atoms with E-state index in [0.29, 0.717) is 0 Å². The van der Waals surface area contributed by atoms with Crippen molar-refractivity contribution in [3.05, 3.63) is 0 Å². The molecular weight excluding hydrogens is 768 g/mol. The van der Waals surface area contributed by atoms with E-state index in [0.717, 1.165) is 0 Å². The lowest BCUT2D eigenvalue weighted by Crippen LogP contribution is -1.89. The van der Waals surface area contributed by atoms with Gasteiger partial charge in [-0.15, -0.1) is 0 Å². The zero-order valence-electron chi connectivity index (χ0n) is 18.7. The van der Waals surface area contributed by atoms with Crippen LogP contribution in [0.4, 0.5) is 0 Å². The molecule has 0 aliphatic heterocycles. The topological polar surface area (TPSA) is 826 Å². The van der Waals surface area contributed by atoms with Crippen molar-refractivity contribution in [1.29, 1.82) is 0 Å². The van der Waals surface area contributed by atoms with Crippen molar-refractivity contribution in [1.82, 2.24) is 0 Å². The molecule has 0 fully saturated rings. The van der Waals surface area contributed by atoms with Crippen LogP contribution >= 0.6 is 0 Å². The minimum Gasteiger partial charge on any atom is -0.412 e. The lowest BCUT2D eigenvalue weighted by atomic mass is 15.8. The molecule has 288 valence electrons. The van der Waals surface area contributed by atoms with E-state index in [-0.39, 0.29) is 65.7 Å². The smallest absolute Gasteiger partial charge is 0.394 e. The fourth-order valence-electron chi connectivity index (χ4n) is 0. The standard InChI is InChI=1S/6H2O4S.12H2O/c6*1-5(2,3)4;;;;;;;;;;;;/h6*(H2,1,2,3,4);12*1H2. The Morgan fingerprint density at radius 1 is 0.167 bits per heavy atom. The van der Waals surface area contributed by atoms with E-state index >= 15 is 0 Å². The molecule has 0 spiro atoms. The maximum Gasteiger partial charge on any atom is 0.394 e. The largest absolute Gasteiger partial charge is 0.412 e. The first-order valence-corrected chi connectivity index (χ1v) is 12.6. The summed E-state index contributed by atoms with van der Waals surface area (Å²) in [5.41, 5.74) is 0. The molecule has 0 bridgehead atoms. The van der Waals surface area contributed by atoms with Crippen molar-refractivity contribution < 1.29 is 171 Å². The van der Waals surface area contributed by atoms with Crippen LogP contribution in [0, 0.1) is 0 Å². The maximum absolute atomic E-state index is 8.74. The van der Waals surface area contributed by atoms with Crippen LogP contribution in [-0.4, -0.2) is 171 Å². The lowest BCUT2D eigenvalue weighted by molar-refractivity contribution is 0.378. The highest BCUT2D eigenvalue weighted by Gasteiger charge is 1.86. The van der Waals surface area contributed by atoms with Gasteiger partial charge in [0.05, 0.1) is 0 Å². The summed E-state index contributed by atoms with van der Waals surface area (Å²) < 4.78 is 190. The average molecular weight is 805 g/mol. The number of hydrogen-bond acceptors (Lipinski definition) is 12. The normalized spacial score (nSPS) is 8.29. The van der Waals surface area contributed by atoms with Crippen molar-refractivity contribution in [3.63, 3.8) is 0 Å². The summed E-state index contributed by atoms with van der Waals surface area (Å²) in [6, 6.07) is 0. The summed E-state index contributed by atoms with van der Waals surface area (Å²) >= 11 is 0. The second-order valence-corrected chi connectivity index (χ2v) is 8.06. The Hall–Kier alpha value is -1.26. The maximum atomic E-state index is 8.74. The molecule has 0 aliphatic carbocycles. The first-order valence-electron chi connectivity index (χ1n) is 4.19. The summed E-state index contributed by atoms with van der Waals surface area (Å²) in [6.07, 6.45) is 0. The minimum absolute atomic E-state index is 0. The predicted octanol–water partition coefficient (Wildman–Crippen LogP) is -13.8. The highest BCUT2D eigenvalue weighted by molar-refractivity contribution is 7.81. The summed E-state index contributed by atoms with van der Waals surface area (Å²) in [7, 11) is -28.0. The second-order valence-electron chi connectivity index (χ2n) is 2.69. The van der Waals surface area contributed by atoms with E-state index in [4.69, 9.17) is 105 Å². The van der Waals surface area contributed by atoms with E-state index in [1.807, 2.05) is 0 Å². The van der Waals surface area contributed by atoms with Gasteiger partial charge in [0.2, 0.25) is 0 Å². The third-order valence-electron chi connectivity index (χ3n) is 0. The second kappa shape index (κ2) is 49.4. The molecule has 0 aromatic rings. The molecule has 42 heteroatoms. The van der Waals surface area contributed by atoms with Crippen LogP contribution in [0.25, 0.3) is 0 Å². The quantitative estimate of drug-likeness (QED) is 0.101. The molecule has 0 saturated carbocycles. The Morgan fingerprint density at radius 3 is 0.167 bits per heavy atom. The molecule has 0 radical (unpaired) electrons. The summed E-state index contributed by atoms with van der Waals surface area (Å²) in [4.78, 5) is 0. The Kier molecular flexibility index (Phi) is 146. The molecular formula is H36O36S6. The van der Waals surface area contributed by atoms with Crippen LogP contribution in [-0.2, 0) is 62.4 Å². The van der Waals surface area contributed by atoms with Gasteiger partial charge in [-0.3, -0.25) is 54.6 Å². The van der Waals surface area contributed by atoms with Crippen molar-refractivity contribution in [2.24, 2.45) is 0 Å². The van der Waals surface area contributed by atoms with Gasteiger partial charge in [-0.2, -0.15) is 50.5 Å². The SMILES string of the molecule is O.O.O.O.O.O.O.O.O.O.O.O.O=S(=O)(O)O.O=S(=O)(O)O.O=S(=O)(O)O.O=S(=O)(O)O.O=S(=O)(O)O.O=S(=O)(O)O. The number of rotatable bonds is 0. The molecule has 0 saturated heterocycles. The summed E-state index contributed by atoms with van der Waals surface area (Å²) in [5.74, 6) is 0. The van der Waals surface area contributed by atoms with Gasteiger partial charge in [0.1, 0.15) is 0 Å². The van der Waals surface area contributed by atoms with Crippen molar-refractivity contribution in [3.8, 4) is 0 Å². The highest BCUT2D eigenvalue weighted by atomic mass is 32.3. The highest BCUT2D eigenvalue weighted by Crippen LogP contribution is 1.61. The monoisotopic (exact) mass is 804 g/mol. The molecule has 0 aromatic carbocycles. The first kappa shape index (κ1) is 124. The Labute approximate surface area is 233 Å². The Balaban J connectivity index is -0.00000000973. The van der Waals surface area contributed by atoms with E-state index in [1.54, 1.807) is 0 Å². The van der Waals surface area contributed by atoms with Gasteiger partial charge in [0.25, 0.3) is 0 Å². The van der Waals surface area contributed by atoms with Gasteiger partial charge < -0.3 is 65.7 Å². The zero-order chi connectivity index (χ0) is 27.0. The molecule has 0 unspecified atom stereocenters. The fourth-order valence-corrected chi connectivity index (χ4v) is 0. The van der Waals surface area contributed by atoms with Gasteiger partial charge >= 0.3 is 62.4 Å². The molecule has 0 aliphatic rings. The molecule has 0 amide bonds. The van der Waals surface area contributed by atoms with Crippen LogP contribution in [0.3, 0.4) is 0 Å². The zero-order valence-corrected chi connectivity index (χ0v) is 23.6. The molecule has 0 atom stereocenters. The van der Waals surface area contributed by atoms with Crippen LogP contribution in [0.5, 0.6) is 0 Å². The fraction of sp³-hybridized carbons (Fsp3) is 0. The third kappa shape index (κ3) is 34800. The molecule has 0 aromatic heterocycles. The van der Waals surface area contributed by atoms with Gasteiger partial charge in [0, 0.05) is 0 Å². The van der Waals surface area contributed by atoms with Gasteiger partial charge in [-0.1, -0.05) is 0 Å². The molecule has 36 N–H and O–H groups in total. The van der Waals surface area contributed by atoms with Crippen LogP contribution < -0.4 is 0 Å². The van der Waals surface area contributed by atoms with E-state index in [2.05, 4.69) is 0 Å². The molecule has 36 nitrogen and oxygen atoms in total. The van der Waals surface area contributed by atoms with Gasteiger partial charge in [-0.05, 0) is 0 Å². The van der Waals surface area contributed by atoms with Crippen molar-refractivity contribution >= 4 is 62.4 Å².